The summed E-state index contributed by atoms with van der Waals surface area (Å²) in [6, 6.07) is -2.44. The van der Waals surface area contributed by atoms with Crippen LogP contribution in [0.25, 0.3) is 0 Å². The first kappa shape index (κ1) is 32.5. The van der Waals surface area contributed by atoms with Crippen LogP contribution in [-0.4, -0.2) is 89.0 Å². The van der Waals surface area contributed by atoms with E-state index in [2.05, 4.69) is 23.8 Å². The number of hydrogen-bond donors (Lipinski definition) is 5. The number of carboxylic acid groups (broad SMARTS) is 1. The van der Waals surface area contributed by atoms with Gasteiger partial charge in [-0.15, -0.1) is 13.2 Å². The standard InChI is InChI=1S/C27H41FN4O8S/c1-5-7-8-16(3)11-17(4)21(29-25(37)38)23(35)32-14-19(33)12-20(32)22(34)30-27(13-18(27)6-2)24(36)31-41(39,40)26(15-28)9-10-26/h5-6,16-21,29,33H,1-2,7-15H2,3-4H3,(H,30,34)(H,31,36)(H,37,38)/t16?,17-,18?,19-,20+,21+,27?/m1/s1. The Bertz CT molecular complexity index is 1180. The van der Waals surface area contributed by atoms with Crippen LogP contribution < -0.4 is 15.4 Å². The second kappa shape index (κ2) is 12.5. The molecule has 3 rings (SSSR count). The lowest BCUT2D eigenvalue weighted by atomic mass is 9.88. The Hall–Kier alpha value is -3.00. The Balaban J connectivity index is 1.78. The number of carbonyl (C=O) groups is 4. The van der Waals surface area contributed by atoms with E-state index in [-0.39, 0.29) is 38.1 Å². The molecule has 3 fully saturated rings. The first-order valence-corrected chi connectivity index (χ1v) is 15.3. The van der Waals surface area contributed by atoms with Gasteiger partial charge in [-0.1, -0.05) is 26.0 Å². The number of sulfonamides is 1. The molecule has 4 amide bonds. The van der Waals surface area contributed by atoms with Gasteiger partial charge in [-0.2, -0.15) is 0 Å². The number of aliphatic hydroxyl groups excluding tert-OH is 1. The fourth-order valence-corrected chi connectivity index (χ4v) is 7.05. The van der Waals surface area contributed by atoms with Crippen molar-refractivity contribution in [2.24, 2.45) is 17.8 Å². The average Bonchev–Trinajstić information content (AvgIpc) is 3.81. The number of likely N-dealkylation sites (tertiary alicyclic amines) is 1. The SMILES string of the molecule is C=CCCC(C)C[C@@H](C)[C@H](NC(=O)O)C(=O)N1C[C@H](O)C[C@H]1C(=O)NC1(C(=O)NS(=O)(=O)C2(CF)CC2)CC1C=C. The molecule has 3 unspecified atom stereocenters. The number of nitrogens with zero attached hydrogens (tertiary/aromatic N) is 1. The number of β-amino-alcohol motifs (C(OH)–C–C–N with tert-alkyl or cyclic N) is 1. The summed E-state index contributed by atoms with van der Waals surface area (Å²) >= 11 is 0. The van der Waals surface area contributed by atoms with Crippen molar-refractivity contribution >= 4 is 33.8 Å². The summed E-state index contributed by atoms with van der Waals surface area (Å²) < 4.78 is 39.0. The summed E-state index contributed by atoms with van der Waals surface area (Å²) in [4.78, 5) is 52.9. The van der Waals surface area contributed by atoms with Gasteiger partial charge in [-0.05, 0) is 50.4 Å². The van der Waals surface area contributed by atoms with Gasteiger partial charge in [0.2, 0.25) is 21.8 Å². The fraction of sp³-hybridized carbons (Fsp3) is 0.704. The van der Waals surface area contributed by atoms with Gasteiger partial charge in [0.05, 0.1) is 6.10 Å². The molecule has 1 heterocycles. The van der Waals surface area contributed by atoms with E-state index in [1.165, 1.54) is 6.08 Å². The number of rotatable bonds is 15. The fourth-order valence-electron chi connectivity index (χ4n) is 5.63. The highest BCUT2D eigenvalue weighted by molar-refractivity contribution is 7.91. The van der Waals surface area contributed by atoms with Crippen LogP contribution in [0.2, 0.25) is 0 Å². The number of nitrogens with one attached hydrogen (secondary N) is 3. The maximum atomic E-state index is 13.6. The third-order valence-electron chi connectivity index (χ3n) is 8.52. The van der Waals surface area contributed by atoms with Gasteiger partial charge in [0, 0.05) is 18.9 Å². The summed E-state index contributed by atoms with van der Waals surface area (Å²) in [5.41, 5.74) is -1.67. The summed E-state index contributed by atoms with van der Waals surface area (Å²) in [5.74, 6) is -3.43. The van der Waals surface area contributed by atoms with E-state index >= 15 is 0 Å². The Kier molecular flexibility index (Phi) is 9.89. The predicted octanol–water partition coefficient (Wildman–Crippen LogP) is 1.22. The van der Waals surface area contributed by atoms with E-state index in [0.29, 0.717) is 6.42 Å². The second-order valence-corrected chi connectivity index (χ2v) is 13.8. The predicted molar refractivity (Wildman–Crippen MR) is 148 cm³/mol. The van der Waals surface area contributed by atoms with E-state index in [0.717, 1.165) is 17.7 Å². The van der Waals surface area contributed by atoms with E-state index < -0.39 is 80.8 Å². The van der Waals surface area contributed by atoms with E-state index in [9.17, 15) is 42.2 Å². The topological polar surface area (TPSA) is 182 Å². The largest absolute Gasteiger partial charge is 0.465 e. The molecule has 7 atom stereocenters. The van der Waals surface area contributed by atoms with Crippen molar-refractivity contribution in [3.63, 3.8) is 0 Å². The number of halogens is 1. The molecule has 0 radical (unpaired) electrons. The molecule has 12 nitrogen and oxygen atoms in total. The van der Waals surface area contributed by atoms with Crippen molar-refractivity contribution in [1.82, 2.24) is 20.3 Å². The lowest BCUT2D eigenvalue weighted by Gasteiger charge is -2.32. The summed E-state index contributed by atoms with van der Waals surface area (Å²) in [7, 11) is -4.34. The maximum absolute atomic E-state index is 13.6. The molecule has 0 aromatic heterocycles. The van der Waals surface area contributed by atoms with E-state index in [4.69, 9.17) is 0 Å². The molecule has 2 aliphatic carbocycles. The molecule has 0 aromatic carbocycles. The van der Waals surface area contributed by atoms with Crippen molar-refractivity contribution in [3.8, 4) is 0 Å². The van der Waals surface area contributed by atoms with E-state index in [1.807, 2.05) is 11.6 Å². The lowest BCUT2D eigenvalue weighted by Crippen LogP contribution is -2.59. The molecular weight excluding hydrogens is 559 g/mol. The van der Waals surface area contributed by atoms with Gasteiger partial charge in [0.1, 0.15) is 29.0 Å². The number of carbonyl (C=O) groups excluding carboxylic acids is 3. The molecule has 0 spiro atoms. The van der Waals surface area contributed by atoms with Gasteiger partial charge < -0.3 is 25.7 Å². The minimum absolute atomic E-state index is 0.0399. The summed E-state index contributed by atoms with van der Waals surface area (Å²) in [6.45, 7) is 9.66. The molecule has 0 bridgehead atoms. The Morgan fingerprint density at radius 2 is 1.85 bits per heavy atom. The van der Waals surface area contributed by atoms with Crippen LogP contribution in [0, 0.1) is 17.8 Å². The smallest absolute Gasteiger partial charge is 0.405 e. The zero-order valence-electron chi connectivity index (χ0n) is 23.5. The van der Waals surface area contributed by atoms with Crippen LogP contribution in [0.3, 0.4) is 0 Å². The van der Waals surface area contributed by atoms with E-state index in [1.54, 1.807) is 13.0 Å². The first-order chi connectivity index (χ1) is 19.2. The molecule has 3 aliphatic rings. The molecule has 41 heavy (non-hydrogen) atoms. The average molecular weight is 601 g/mol. The van der Waals surface area contributed by atoms with Gasteiger partial charge in [-0.3, -0.25) is 19.1 Å². The first-order valence-electron chi connectivity index (χ1n) is 13.8. The van der Waals surface area contributed by atoms with Gasteiger partial charge >= 0.3 is 6.09 Å². The normalized spacial score (nSPS) is 28.5. The molecule has 14 heteroatoms. The van der Waals surface area contributed by atoms with Crippen molar-refractivity contribution in [2.75, 3.05) is 13.2 Å². The van der Waals surface area contributed by atoms with Crippen LogP contribution in [0.15, 0.2) is 25.3 Å². The second-order valence-electron chi connectivity index (χ2n) is 11.8. The Labute approximate surface area is 239 Å². The summed E-state index contributed by atoms with van der Waals surface area (Å²) in [6.07, 6.45) is 2.76. The molecule has 0 aromatic rings. The minimum Gasteiger partial charge on any atom is -0.465 e. The maximum Gasteiger partial charge on any atom is 0.405 e. The molecule has 1 aliphatic heterocycles. The van der Waals surface area contributed by atoms with Crippen LogP contribution in [-0.2, 0) is 24.4 Å². The number of allylic oxidation sites excluding steroid dienone is 1. The zero-order valence-corrected chi connectivity index (χ0v) is 24.3. The van der Waals surface area contributed by atoms with Gasteiger partial charge in [0.25, 0.3) is 5.91 Å². The quantitative estimate of drug-likeness (QED) is 0.174. The van der Waals surface area contributed by atoms with Crippen molar-refractivity contribution in [1.29, 1.82) is 0 Å². The number of aliphatic hydroxyl groups is 1. The third-order valence-corrected chi connectivity index (χ3v) is 10.6. The van der Waals surface area contributed by atoms with Crippen molar-refractivity contribution in [3.05, 3.63) is 25.3 Å². The van der Waals surface area contributed by atoms with Crippen LogP contribution >= 0.6 is 0 Å². The number of hydrogen-bond acceptors (Lipinski definition) is 7. The molecule has 2 saturated carbocycles. The van der Waals surface area contributed by atoms with Gasteiger partial charge in [0.15, 0.2) is 0 Å². The highest BCUT2D eigenvalue weighted by Crippen LogP contribution is 2.47. The van der Waals surface area contributed by atoms with Crippen molar-refractivity contribution < 1.29 is 42.2 Å². The molecule has 5 N–H and O–H groups in total. The molecular formula is C27H41FN4O8S. The highest BCUT2D eigenvalue weighted by atomic mass is 32.2. The Morgan fingerprint density at radius 1 is 1.20 bits per heavy atom. The summed E-state index contributed by atoms with van der Waals surface area (Å²) in [5, 5.41) is 24.6. The Morgan fingerprint density at radius 3 is 2.37 bits per heavy atom. The number of alkyl halides is 1. The monoisotopic (exact) mass is 600 g/mol. The van der Waals surface area contributed by atoms with Crippen molar-refractivity contribution in [2.45, 2.75) is 87.3 Å². The highest BCUT2D eigenvalue weighted by Gasteiger charge is 2.63. The third kappa shape index (κ3) is 6.91. The van der Waals surface area contributed by atoms with Crippen LogP contribution in [0.5, 0.6) is 0 Å². The number of amides is 4. The lowest BCUT2D eigenvalue weighted by molar-refractivity contribution is -0.142. The van der Waals surface area contributed by atoms with Gasteiger partial charge in [-0.25, -0.2) is 17.6 Å². The molecule has 230 valence electrons. The zero-order chi connectivity index (χ0) is 30.8. The molecule has 1 saturated heterocycles. The van der Waals surface area contributed by atoms with Crippen LogP contribution in [0.4, 0.5) is 9.18 Å². The minimum atomic E-state index is -4.34. The van der Waals surface area contributed by atoms with Crippen LogP contribution in [0.1, 0.15) is 58.8 Å².